The summed E-state index contributed by atoms with van der Waals surface area (Å²) in [5, 5.41) is 14.1. The summed E-state index contributed by atoms with van der Waals surface area (Å²) in [5.41, 5.74) is 0.423. The number of benzene rings is 1. The molecule has 0 amide bonds. The summed E-state index contributed by atoms with van der Waals surface area (Å²) >= 11 is 0. The highest BCUT2D eigenvalue weighted by Crippen LogP contribution is 2.35. The third-order valence-electron chi connectivity index (χ3n) is 2.28. The van der Waals surface area contributed by atoms with Crippen LogP contribution in [0.2, 0.25) is 0 Å². The molecule has 0 bridgehead atoms. The molecule has 18 heavy (non-hydrogen) atoms. The quantitative estimate of drug-likeness (QED) is 0.597. The number of methoxy groups -OCH3 is 1. The second kappa shape index (κ2) is 6.80. The number of anilines is 1. The normalized spacial score (nSPS) is 11.9. The third-order valence-corrected chi connectivity index (χ3v) is 2.28. The van der Waals surface area contributed by atoms with E-state index in [4.69, 9.17) is 9.47 Å². The molecule has 1 rings (SSSR count). The van der Waals surface area contributed by atoms with E-state index in [1.54, 1.807) is 32.2 Å². The van der Waals surface area contributed by atoms with Gasteiger partial charge in [-0.15, -0.1) is 0 Å². The molecule has 0 saturated heterocycles. The first-order valence-corrected chi connectivity index (χ1v) is 5.77. The number of hydrogen-bond acceptors (Lipinski definition) is 5. The van der Waals surface area contributed by atoms with E-state index in [0.29, 0.717) is 18.8 Å². The molecule has 0 aliphatic heterocycles. The third kappa shape index (κ3) is 3.59. The lowest BCUT2D eigenvalue weighted by molar-refractivity contribution is -0.385. The van der Waals surface area contributed by atoms with Crippen LogP contribution in [0.1, 0.15) is 13.8 Å². The summed E-state index contributed by atoms with van der Waals surface area (Å²) in [4.78, 5) is 10.7. The zero-order chi connectivity index (χ0) is 13.5. The van der Waals surface area contributed by atoms with Crippen LogP contribution in [-0.4, -0.2) is 31.3 Å². The van der Waals surface area contributed by atoms with Crippen LogP contribution >= 0.6 is 0 Å². The van der Waals surface area contributed by atoms with Crippen molar-refractivity contribution in [2.24, 2.45) is 0 Å². The van der Waals surface area contributed by atoms with E-state index in [0.717, 1.165) is 0 Å². The fraction of sp³-hybridized carbons (Fsp3) is 0.500. The summed E-state index contributed by atoms with van der Waals surface area (Å²) in [6.45, 7) is 4.67. The first kappa shape index (κ1) is 14.2. The van der Waals surface area contributed by atoms with Gasteiger partial charge in [0.15, 0.2) is 5.75 Å². The molecule has 1 atom stereocenters. The zero-order valence-electron chi connectivity index (χ0n) is 10.8. The average molecular weight is 254 g/mol. The van der Waals surface area contributed by atoms with Crippen LogP contribution in [0.25, 0.3) is 0 Å². The molecule has 0 aromatic heterocycles. The van der Waals surface area contributed by atoms with E-state index in [-0.39, 0.29) is 17.5 Å². The largest absolute Gasteiger partial charge is 0.481 e. The minimum Gasteiger partial charge on any atom is -0.481 e. The van der Waals surface area contributed by atoms with Gasteiger partial charge in [-0.1, -0.05) is 6.07 Å². The second-order valence-corrected chi connectivity index (χ2v) is 3.82. The van der Waals surface area contributed by atoms with Crippen LogP contribution < -0.4 is 10.1 Å². The number of nitro benzene ring substituents is 1. The molecule has 1 unspecified atom stereocenters. The Morgan fingerprint density at radius 1 is 1.50 bits per heavy atom. The highest BCUT2D eigenvalue weighted by Gasteiger charge is 2.21. The van der Waals surface area contributed by atoms with Crippen LogP contribution in [-0.2, 0) is 4.74 Å². The van der Waals surface area contributed by atoms with Crippen molar-refractivity contribution in [3.05, 3.63) is 28.3 Å². The van der Waals surface area contributed by atoms with Gasteiger partial charge in [-0.2, -0.15) is 0 Å². The average Bonchev–Trinajstić information content (AvgIpc) is 2.29. The Bertz CT molecular complexity index is 409. The number of nitro groups is 1. The molecule has 0 aliphatic rings. The van der Waals surface area contributed by atoms with Gasteiger partial charge < -0.3 is 14.8 Å². The van der Waals surface area contributed by atoms with Gasteiger partial charge >= 0.3 is 5.69 Å². The fourth-order valence-electron chi connectivity index (χ4n) is 1.62. The summed E-state index contributed by atoms with van der Waals surface area (Å²) in [6.07, 6.45) is -0.245. The summed E-state index contributed by atoms with van der Waals surface area (Å²) in [7, 11) is 1.56. The molecule has 0 radical (unpaired) electrons. The second-order valence-electron chi connectivity index (χ2n) is 3.82. The Kier molecular flexibility index (Phi) is 5.38. The van der Waals surface area contributed by atoms with E-state index in [1.807, 2.05) is 6.92 Å². The molecule has 1 aromatic carbocycles. The smallest absolute Gasteiger partial charge is 0.333 e. The van der Waals surface area contributed by atoms with Gasteiger partial charge in [0, 0.05) is 13.7 Å². The molecule has 0 saturated carbocycles. The van der Waals surface area contributed by atoms with Gasteiger partial charge in [-0.3, -0.25) is 10.1 Å². The van der Waals surface area contributed by atoms with Crippen LogP contribution in [0.15, 0.2) is 18.2 Å². The maximum atomic E-state index is 11.1. The van der Waals surface area contributed by atoms with E-state index in [2.05, 4.69) is 5.32 Å². The van der Waals surface area contributed by atoms with Crippen LogP contribution in [0.4, 0.5) is 11.4 Å². The number of rotatable bonds is 7. The first-order chi connectivity index (χ1) is 8.60. The first-order valence-electron chi connectivity index (χ1n) is 5.77. The Morgan fingerprint density at radius 2 is 2.22 bits per heavy atom. The van der Waals surface area contributed by atoms with Gasteiger partial charge in [0.05, 0.1) is 11.5 Å². The van der Waals surface area contributed by atoms with Crippen molar-refractivity contribution in [3.8, 4) is 5.75 Å². The number of nitrogens with zero attached hydrogens (tertiary/aromatic N) is 1. The Labute approximate surface area is 106 Å². The topological polar surface area (TPSA) is 73.6 Å². The molecule has 6 nitrogen and oxygen atoms in total. The monoisotopic (exact) mass is 254 g/mol. The van der Waals surface area contributed by atoms with E-state index < -0.39 is 4.92 Å². The number of ether oxygens (including phenoxy) is 2. The Morgan fingerprint density at radius 3 is 2.78 bits per heavy atom. The van der Waals surface area contributed by atoms with Crippen LogP contribution in [0.5, 0.6) is 5.75 Å². The number of hydrogen-bond donors (Lipinski definition) is 1. The van der Waals surface area contributed by atoms with Gasteiger partial charge in [-0.05, 0) is 26.0 Å². The fourth-order valence-corrected chi connectivity index (χ4v) is 1.62. The lowest BCUT2D eigenvalue weighted by atomic mass is 10.2. The van der Waals surface area contributed by atoms with Crippen LogP contribution in [0.3, 0.4) is 0 Å². The molecule has 100 valence electrons. The predicted octanol–water partition coefficient (Wildman–Crippen LogP) is 2.44. The van der Waals surface area contributed by atoms with E-state index in [1.165, 1.54) is 0 Å². The highest BCUT2D eigenvalue weighted by atomic mass is 16.6. The van der Waals surface area contributed by atoms with Gasteiger partial charge in [0.1, 0.15) is 11.8 Å². The van der Waals surface area contributed by atoms with E-state index >= 15 is 0 Å². The van der Waals surface area contributed by atoms with Gasteiger partial charge in [-0.25, -0.2) is 0 Å². The highest BCUT2D eigenvalue weighted by molar-refractivity contribution is 5.68. The predicted molar refractivity (Wildman–Crippen MR) is 69.2 cm³/mol. The molecule has 1 aromatic rings. The Hall–Kier alpha value is -1.82. The summed E-state index contributed by atoms with van der Waals surface area (Å²) in [5.74, 6) is 0.253. The van der Waals surface area contributed by atoms with Gasteiger partial charge in [0.2, 0.25) is 0 Å². The molecular formula is C12H18N2O4. The maximum absolute atomic E-state index is 11.1. The summed E-state index contributed by atoms with van der Waals surface area (Å²) in [6, 6.07) is 4.97. The van der Waals surface area contributed by atoms with Crippen molar-refractivity contribution in [2.75, 3.05) is 25.6 Å². The zero-order valence-corrected chi connectivity index (χ0v) is 10.8. The maximum Gasteiger partial charge on any atom is 0.333 e. The lowest BCUT2D eigenvalue weighted by Gasteiger charge is -2.15. The minimum atomic E-state index is -0.438. The van der Waals surface area contributed by atoms with Crippen molar-refractivity contribution < 1.29 is 14.4 Å². The van der Waals surface area contributed by atoms with Crippen molar-refractivity contribution in [2.45, 2.75) is 20.0 Å². The van der Waals surface area contributed by atoms with Gasteiger partial charge in [0.25, 0.3) is 0 Å². The number of para-hydroxylation sites is 1. The molecule has 0 aliphatic carbocycles. The molecule has 0 spiro atoms. The molecule has 0 heterocycles. The van der Waals surface area contributed by atoms with E-state index in [9.17, 15) is 10.1 Å². The molecular weight excluding hydrogens is 236 g/mol. The molecule has 0 fully saturated rings. The van der Waals surface area contributed by atoms with Crippen molar-refractivity contribution >= 4 is 11.4 Å². The molecule has 1 N–H and O–H groups in total. The van der Waals surface area contributed by atoms with Crippen molar-refractivity contribution in [3.63, 3.8) is 0 Å². The van der Waals surface area contributed by atoms with Crippen molar-refractivity contribution in [1.82, 2.24) is 0 Å². The SMILES string of the molecule is CCNc1cccc(OC(C)COC)c1[N+](=O)[O-]. The summed E-state index contributed by atoms with van der Waals surface area (Å²) < 4.78 is 10.5. The van der Waals surface area contributed by atoms with Crippen LogP contribution in [0, 0.1) is 10.1 Å². The molecule has 6 heteroatoms. The number of nitrogens with one attached hydrogen (secondary N) is 1. The lowest BCUT2D eigenvalue weighted by Crippen LogP contribution is -2.18. The van der Waals surface area contributed by atoms with Crippen molar-refractivity contribution in [1.29, 1.82) is 0 Å². The standard InChI is InChI=1S/C12H18N2O4/c1-4-13-10-6-5-7-11(12(10)14(15)16)18-9(2)8-17-3/h5-7,9,13H,4,8H2,1-3H3. The Balaban J connectivity index is 3.02. The minimum absolute atomic E-state index is 0.0395.